The number of rotatable bonds is 4. The number of pyridine rings is 1. The first-order valence-electron chi connectivity index (χ1n) is 7.49. The molecular formula is C17H20N2O2. The number of hydrogen-bond donors (Lipinski definition) is 1. The van der Waals surface area contributed by atoms with Crippen LogP contribution in [0.25, 0.3) is 10.8 Å². The molecule has 3 rings (SSSR count). The molecule has 1 N–H and O–H groups in total. The van der Waals surface area contributed by atoms with E-state index in [4.69, 9.17) is 5.11 Å². The van der Waals surface area contributed by atoms with E-state index in [9.17, 15) is 4.79 Å². The molecule has 0 amide bonds. The molecule has 0 aliphatic carbocycles. The second-order valence-electron chi connectivity index (χ2n) is 5.82. The second-order valence-corrected chi connectivity index (χ2v) is 5.82. The summed E-state index contributed by atoms with van der Waals surface area (Å²) in [5.41, 5.74) is 1.09. The van der Waals surface area contributed by atoms with Gasteiger partial charge in [0.25, 0.3) is 0 Å². The number of carbonyl (C=O) groups is 1. The number of carboxylic acids is 1. The van der Waals surface area contributed by atoms with Gasteiger partial charge in [0.2, 0.25) is 0 Å². The monoisotopic (exact) mass is 284 g/mol. The van der Waals surface area contributed by atoms with Crippen LogP contribution in [-0.4, -0.2) is 34.0 Å². The highest BCUT2D eigenvalue weighted by molar-refractivity contribution is 5.84. The van der Waals surface area contributed by atoms with E-state index in [1.165, 1.54) is 10.8 Å². The van der Waals surface area contributed by atoms with Gasteiger partial charge in [0.15, 0.2) is 0 Å². The van der Waals surface area contributed by atoms with Crippen molar-refractivity contribution in [3.05, 3.63) is 42.2 Å². The molecule has 2 aromatic rings. The quantitative estimate of drug-likeness (QED) is 0.938. The standard InChI is InChI=1S/C17H20N2O2/c20-17(21)10-13-4-3-9-19(11-13)12-16-15-6-2-1-5-14(15)7-8-18-16/h1-2,5-8,13H,3-4,9-12H2,(H,20,21)/t13-/m0/s1. The van der Waals surface area contributed by atoms with Crippen molar-refractivity contribution in [1.82, 2.24) is 9.88 Å². The SMILES string of the molecule is O=C(O)C[C@@H]1CCCN(Cc2nccc3ccccc23)C1. The Kier molecular flexibility index (Phi) is 4.15. The van der Waals surface area contributed by atoms with Gasteiger partial charge in [0.1, 0.15) is 0 Å². The first-order valence-corrected chi connectivity index (χ1v) is 7.49. The maximum absolute atomic E-state index is 10.9. The van der Waals surface area contributed by atoms with Crippen molar-refractivity contribution in [1.29, 1.82) is 0 Å². The number of likely N-dealkylation sites (tertiary alicyclic amines) is 1. The summed E-state index contributed by atoms with van der Waals surface area (Å²) in [6, 6.07) is 10.3. The van der Waals surface area contributed by atoms with Gasteiger partial charge < -0.3 is 5.11 Å². The highest BCUT2D eigenvalue weighted by Gasteiger charge is 2.22. The first-order chi connectivity index (χ1) is 10.2. The zero-order valence-corrected chi connectivity index (χ0v) is 12.0. The molecule has 0 bridgehead atoms. The van der Waals surface area contributed by atoms with Crippen molar-refractivity contribution in [3.8, 4) is 0 Å². The Bertz CT molecular complexity index is 636. The van der Waals surface area contributed by atoms with Crippen LogP contribution in [0.1, 0.15) is 25.0 Å². The third kappa shape index (κ3) is 3.39. The topological polar surface area (TPSA) is 53.4 Å². The Morgan fingerprint density at radius 3 is 3.05 bits per heavy atom. The maximum Gasteiger partial charge on any atom is 0.303 e. The van der Waals surface area contributed by atoms with Gasteiger partial charge in [-0.05, 0) is 36.8 Å². The number of benzene rings is 1. The van der Waals surface area contributed by atoms with Crippen LogP contribution in [0.2, 0.25) is 0 Å². The lowest BCUT2D eigenvalue weighted by molar-refractivity contribution is -0.138. The third-order valence-corrected chi connectivity index (χ3v) is 4.20. The number of aliphatic carboxylic acids is 1. The number of piperidine rings is 1. The molecule has 1 aromatic heterocycles. The average Bonchev–Trinajstić information content (AvgIpc) is 2.47. The molecule has 110 valence electrons. The van der Waals surface area contributed by atoms with Crippen LogP contribution < -0.4 is 0 Å². The van der Waals surface area contributed by atoms with E-state index in [1.54, 1.807) is 0 Å². The molecule has 1 saturated heterocycles. The molecule has 4 nitrogen and oxygen atoms in total. The minimum absolute atomic E-state index is 0.270. The molecule has 1 aliphatic heterocycles. The largest absolute Gasteiger partial charge is 0.481 e. The fourth-order valence-corrected chi connectivity index (χ4v) is 3.23. The van der Waals surface area contributed by atoms with E-state index in [0.29, 0.717) is 0 Å². The van der Waals surface area contributed by atoms with Crippen LogP contribution in [0.4, 0.5) is 0 Å². The third-order valence-electron chi connectivity index (χ3n) is 4.20. The van der Waals surface area contributed by atoms with Crippen molar-refractivity contribution < 1.29 is 9.90 Å². The van der Waals surface area contributed by atoms with Gasteiger partial charge >= 0.3 is 5.97 Å². The second kappa shape index (κ2) is 6.22. The van der Waals surface area contributed by atoms with Gasteiger partial charge in [-0.25, -0.2) is 0 Å². The molecule has 0 spiro atoms. The number of hydrogen-bond acceptors (Lipinski definition) is 3. The Balaban J connectivity index is 1.74. The van der Waals surface area contributed by atoms with Crippen LogP contribution in [0.3, 0.4) is 0 Å². The predicted molar refractivity (Wildman–Crippen MR) is 82.0 cm³/mol. The highest BCUT2D eigenvalue weighted by Crippen LogP contribution is 2.23. The van der Waals surface area contributed by atoms with Gasteiger partial charge in [-0.2, -0.15) is 0 Å². The average molecular weight is 284 g/mol. The molecule has 21 heavy (non-hydrogen) atoms. The lowest BCUT2D eigenvalue weighted by Crippen LogP contribution is -2.36. The number of fused-ring (bicyclic) bond motifs is 1. The Labute approximate surface area is 124 Å². The van der Waals surface area contributed by atoms with Crippen molar-refractivity contribution >= 4 is 16.7 Å². The molecule has 0 unspecified atom stereocenters. The summed E-state index contributed by atoms with van der Waals surface area (Å²) in [4.78, 5) is 17.7. The summed E-state index contributed by atoms with van der Waals surface area (Å²) >= 11 is 0. The van der Waals surface area contributed by atoms with Gasteiger partial charge in [-0.1, -0.05) is 24.3 Å². The normalized spacial score (nSPS) is 19.7. The summed E-state index contributed by atoms with van der Waals surface area (Å²) in [5, 5.41) is 11.4. The summed E-state index contributed by atoms with van der Waals surface area (Å²) in [7, 11) is 0. The Morgan fingerprint density at radius 1 is 1.33 bits per heavy atom. The molecule has 0 saturated carbocycles. The lowest BCUT2D eigenvalue weighted by Gasteiger charge is -2.31. The molecule has 4 heteroatoms. The molecule has 1 aromatic carbocycles. The molecule has 2 heterocycles. The summed E-state index contributed by atoms with van der Waals surface area (Å²) < 4.78 is 0. The van der Waals surface area contributed by atoms with Crippen molar-refractivity contribution in [2.75, 3.05) is 13.1 Å². The van der Waals surface area contributed by atoms with Gasteiger partial charge in [-0.15, -0.1) is 0 Å². The zero-order valence-electron chi connectivity index (χ0n) is 12.0. The van der Waals surface area contributed by atoms with E-state index in [1.807, 2.05) is 24.4 Å². The van der Waals surface area contributed by atoms with Crippen molar-refractivity contribution in [2.45, 2.75) is 25.8 Å². The van der Waals surface area contributed by atoms with Crippen molar-refractivity contribution in [3.63, 3.8) is 0 Å². The zero-order chi connectivity index (χ0) is 14.7. The van der Waals surface area contributed by atoms with Gasteiger partial charge in [-0.3, -0.25) is 14.7 Å². The molecule has 1 fully saturated rings. The predicted octanol–water partition coefficient (Wildman–Crippen LogP) is 2.92. The highest BCUT2D eigenvalue weighted by atomic mass is 16.4. The molecule has 1 atom stereocenters. The number of aromatic nitrogens is 1. The van der Waals surface area contributed by atoms with Gasteiger partial charge in [0.05, 0.1) is 5.69 Å². The summed E-state index contributed by atoms with van der Waals surface area (Å²) in [5.74, 6) is -0.420. The minimum atomic E-state index is -0.690. The Morgan fingerprint density at radius 2 is 2.19 bits per heavy atom. The van der Waals surface area contributed by atoms with E-state index < -0.39 is 5.97 Å². The van der Waals surface area contributed by atoms with Crippen molar-refractivity contribution in [2.24, 2.45) is 5.92 Å². The van der Waals surface area contributed by atoms with E-state index in [-0.39, 0.29) is 12.3 Å². The van der Waals surface area contributed by atoms with Gasteiger partial charge in [0, 0.05) is 31.1 Å². The maximum atomic E-state index is 10.9. The molecular weight excluding hydrogens is 264 g/mol. The molecule has 1 aliphatic rings. The fraction of sp³-hybridized carbons (Fsp3) is 0.412. The van der Waals surface area contributed by atoms with Crippen LogP contribution in [-0.2, 0) is 11.3 Å². The van der Waals surface area contributed by atoms with E-state index in [2.05, 4.69) is 22.0 Å². The number of carboxylic acid groups (broad SMARTS) is 1. The number of nitrogens with zero attached hydrogens (tertiary/aromatic N) is 2. The van der Waals surface area contributed by atoms with Crippen LogP contribution in [0, 0.1) is 5.92 Å². The van der Waals surface area contributed by atoms with E-state index in [0.717, 1.165) is 38.2 Å². The smallest absolute Gasteiger partial charge is 0.303 e. The lowest BCUT2D eigenvalue weighted by atomic mass is 9.94. The van der Waals surface area contributed by atoms with Crippen LogP contribution in [0.15, 0.2) is 36.5 Å². The molecule has 0 radical (unpaired) electrons. The first kappa shape index (κ1) is 14.0. The van der Waals surface area contributed by atoms with E-state index >= 15 is 0 Å². The van der Waals surface area contributed by atoms with Crippen LogP contribution >= 0.6 is 0 Å². The Hall–Kier alpha value is -1.94. The summed E-state index contributed by atoms with van der Waals surface area (Å²) in [6.07, 6.45) is 4.23. The van der Waals surface area contributed by atoms with Crippen LogP contribution in [0.5, 0.6) is 0 Å². The summed E-state index contributed by atoms with van der Waals surface area (Å²) in [6.45, 7) is 2.69. The fourth-order valence-electron chi connectivity index (χ4n) is 3.23. The minimum Gasteiger partial charge on any atom is -0.481 e.